The van der Waals surface area contributed by atoms with E-state index in [0.717, 1.165) is 17.7 Å². The molecule has 0 radical (unpaired) electrons. The first-order chi connectivity index (χ1) is 9.85. The maximum Gasteiger partial charge on any atom is 0.275 e. The number of aliphatic imine (C=N–C) groups is 1. The number of hydrogen-bond acceptors (Lipinski definition) is 3. The van der Waals surface area contributed by atoms with Crippen molar-refractivity contribution < 1.29 is 9.53 Å². The van der Waals surface area contributed by atoms with E-state index in [1.54, 1.807) is 13.2 Å². The number of carbonyl (C=O) groups excluding carboxylic acids is 1. The highest BCUT2D eigenvalue weighted by Gasteiger charge is 2.28. The zero-order chi connectivity index (χ0) is 15.6. The van der Waals surface area contributed by atoms with E-state index in [1.807, 2.05) is 39.0 Å². The van der Waals surface area contributed by atoms with Crippen molar-refractivity contribution in [2.75, 3.05) is 7.11 Å². The number of amides is 1. The Morgan fingerprint density at radius 3 is 2.57 bits per heavy atom. The topological polar surface area (TPSA) is 50.7 Å². The van der Waals surface area contributed by atoms with Crippen LogP contribution in [0.3, 0.4) is 0 Å². The molecule has 1 aromatic carbocycles. The molecule has 0 saturated carbocycles. The Bertz CT molecular complexity index is 622. The first-order valence-corrected chi connectivity index (χ1v) is 7.14. The maximum absolute atomic E-state index is 12.1. The van der Waals surface area contributed by atoms with Gasteiger partial charge in [-0.05, 0) is 30.2 Å². The lowest BCUT2D eigenvalue weighted by atomic mass is 9.95. The van der Waals surface area contributed by atoms with Crippen LogP contribution in [0.2, 0.25) is 0 Å². The van der Waals surface area contributed by atoms with Gasteiger partial charge in [-0.25, -0.2) is 4.99 Å². The number of amidine groups is 1. The van der Waals surface area contributed by atoms with Gasteiger partial charge in [-0.1, -0.05) is 33.8 Å². The molecule has 0 saturated heterocycles. The van der Waals surface area contributed by atoms with Gasteiger partial charge < -0.3 is 10.1 Å². The minimum Gasteiger partial charge on any atom is -0.496 e. The Morgan fingerprint density at radius 1 is 1.33 bits per heavy atom. The van der Waals surface area contributed by atoms with Crippen molar-refractivity contribution in [2.45, 2.75) is 34.1 Å². The van der Waals surface area contributed by atoms with Crippen LogP contribution in [0.5, 0.6) is 5.75 Å². The van der Waals surface area contributed by atoms with Gasteiger partial charge in [-0.15, -0.1) is 0 Å². The molecule has 21 heavy (non-hydrogen) atoms. The van der Waals surface area contributed by atoms with Crippen LogP contribution in [0.1, 0.15) is 38.8 Å². The second-order valence-electron chi connectivity index (χ2n) is 6.12. The van der Waals surface area contributed by atoms with E-state index in [9.17, 15) is 4.79 Å². The molecular formula is C17H22N2O2. The Morgan fingerprint density at radius 2 is 2.05 bits per heavy atom. The lowest BCUT2D eigenvalue weighted by molar-refractivity contribution is -0.115. The van der Waals surface area contributed by atoms with Crippen LogP contribution in [0.4, 0.5) is 0 Å². The molecule has 1 aromatic rings. The van der Waals surface area contributed by atoms with E-state index >= 15 is 0 Å². The number of ether oxygens (including phenoxy) is 1. The van der Waals surface area contributed by atoms with E-state index in [-0.39, 0.29) is 11.3 Å². The summed E-state index contributed by atoms with van der Waals surface area (Å²) in [4.78, 5) is 16.5. The van der Waals surface area contributed by atoms with Crippen molar-refractivity contribution in [3.05, 3.63) is 35.0 Å². The quantitative estimate of drug-likeness (QED) is 0.868. The van der Waals surface area contributed by atoms with E-state index in [1.165, 1.54) is 5.56 Å². The molecule has 1 heterocycles. The van der Waals surface area contributed by atoms with Crippen LogP contribution in [0, 0.1) is 5.41 Å². The van der Waals surface area contributed by atoms with Crippen LogP contribution in [-0.4, -0.2) is 18.9 Å². The summed E-state index contributed by atoms with van der Waals surface area (Å²) in [5, 5.41) is 2.83. The van der Waals surface area contributed by atoms with Crippen molar-refractivity contribution in [2.24, 2.45) is 10.4 Å². The van der Waals surface area contributed by atoms with Gasteiger partial charge in [0.05, 0.1) is 7.11 Å². The summed E-state index contributed by atoms with van der Waals surface area (Å²) in [6.07, 6.45) is 2.72. The smallest absolute Gasteiger partial charge is 0.275 e. The molecule has 0 fully saturated rings. The SMILES string of the molecule is CCc1ccc(OC)c(/C=C2/N=C(C(C)(C)C)NC2=O)c1. The molecule has 0 atom stereocenters. The summed E-state index contributed by atoms with van der Waals surface area (Å²) < 4.78 is 5.36. The van der Waals surface area contributed by atoms with Gasteiger partial charge in [0.25, 0.3) is 5.91 Å². The molecule has 1 N–H and O–H groups in total. The van der Waals surface area contributed by atoms with E-state index in [4.69, 9.17) is 4.74 Å². The van der Waals surface area contributed by atoms with Crippen molar-refractivity contribution in [3.63, 3.8) is 0 Å². The summed E-state index contributed by atoms with van der Waals surface area (Å²) in [6, 6.07) is 5.98. The molecule has 112 valence electrons. The maximum atomic E-state index is 12.1. The average Bonchev–Trinajstić information content (AvgIpc) is 2.80. The highest BCUT2D eigenvalue weighted by molar-refractivity contribution is 6.15. The average molecular weight is 286 g/mol. The lowest BCUT2D eigenvalue weighted by Gasteiger charge is -2.16. The number of carbonyl (C=O) groups is 1. The first kappa shape index (κ1) is 15.3. The molecular weight excluding hydrogens is 264 g/mol. The molecule has 4 heteroatoms. The van der Waals surface area contributed by atoms with Crippen molar-refractivity contribution in [1.29, 1.82) is 0 Å². The minimum atomic E-state index is -0.180. The molecule has 0 bridgehead atoms. The molecule has 0 aliphatic carbocycles. The predicted molar refractivity (Wildman–Crippen MR) is 85.4 cm³/mol. The van der Waals surface area contributed by atoms with Crippen LogP contribution >= 0.6 is 0 Å². The highest BCUT2D eigenvalue weighted by Crippen LogP contribution is 2.26. The Kier molecular flexibility index (Phi) is 4.16. The molecule has 1 amide bonds. The van der Waals surface area contributed by atoms with Gasteiger partial charge in [0.15, 0.2) is 0 Å². The van der Waals surface area contributed by atoms with Crippen molar-refractivity contribution in [1.82, 2.24) is 5.32 Å². The number of hydrogen-bond donors (Lipinski definition) is 1. The number of methoxy groups -OCH3 is 1. The van der Waals surface area contributed by atoms with E-state index in [0.29, 0.717) is 11.5 Å². The van der Waals surface area contributed by atoms with E-state index < -0.39 is 0 Å². The van der Waals surface area contributed by atoms with Gasteiger partial charge in [-0.3, -0.25) is 4.79 Å². The summed E-state index contributed by atoms with van der Waals surface area (Å²) in [6.45, 7) is 8.16. The van der Waals surface area contributed by atoms with Crippen molar-refractivity contribution >= 4 is 17.8 Å². The Hall–Kier alpha value is -2.10. The highest BCUT2D eigenvalue weighted by atomic mass is 16.5. The summed E-state index contributed by atoms with van der Waals surface area (Å²) in [5.41, 5.74) is 2.31. The second-order valence-corrected chi connectivity index (χ2v) is 6.12. The fraction of sp³-hybridized carbons (Fsp3) is 0.412. The molecule has 2 rings (SSSR count). The zero-order valence-electron chi connectivity index (χ0n) is 13.3. The summed E-state index contributed by atoms with van der Waals surface area (Å²) >= 11 is 0. The van der Waals surface area contributed by atoms with Crippen LogP contribution in [0.25, 0.3) is 6.08 Å². The van der Waals surface area contributed by atoms with Crippen LogP contribution < -0.4 is 10.1 Å². The lowest BCUT2D eigenvalue weighted by Crippen LogP contribution is -2.34. The predicted octanol–water partition coefficient (Wildman–Crippen LogP) is 3.17. The minimum absolute atomic E-state index is 0.163. The summed E-state index contributed by atoms with van der Waals surface area (Å²) in [7, 11) is 1.63. The van der Waals surface area contributed by atoms with E-state index in [2.05, 4.69) is 17.2 Å². The third kappa shape index (κ3) is 3.32. The number of aryl methyl sites for hydroxylation is 1. The molecule has 1 aliphatic rings. The molecule has 0 unspecified atom stereocenters. The third-order valence-electron chi connectivity index (χ3n) is 3.40. The molecule has 4 nitrogen and oxygen atoms in total. The van der Waals surface area contributed by atoms with Gasteiger partial charge in [0.1, 0.15) is 17.3 Å². The normalized spacial score (nSPS) is 16.9. The van der Waals surface area contributed by atoms with Crippen molar-refractivity contribution in [3.8, 4) is 5.75 Å². The number of rotatable bonds is 3. The largest absolute Gasteiger partial charge is 0.496 e. The number of nitrogens with zero attached hydrogens (tertiary/aromatic N) is 1. The monoisotopic (exact) mass is 286 g/mol. The van der Waals surface area contributed by atoms with Gasteiger partial charge in [0.2, 0.25) is 0 Å². The Labute approximate surface area is 125 Å². The molecule has 0 aromatic heterocycles. The standard InChI is InChI=1S/C17H22N2O2/c1-6-11-7-8-14(21-5)12(9-11)10-13-15(20)19-16(18-13)17(2,3)4/h7-10H,6H2,1-5H3,(H,18,19,20)/b13-10+. The molecule has 0 spiro atoms. The van der Waals surface area contributed by atoms with Gasteiger partial charge in [-0.2, -0.15) is 0 Å². The zero-order valence-corrected chi connectivity index (χ0v) is 13.3. The summed E-state index contributed by atoms with van der Waals surface area (Å²) in [5.74, 6) is 1.28. The Balaban J connectivity index is 2.44. The fourth-order valence-corrected chi connectivity index (χ4v) is 2.09. The van der Waals surface area contributed by atoms with Crippen LogP contribution in [-0.2, 0) is 11.2 Å². The first-order valence-electron chi connectivity index (χ1n) is 7.14. The van der Waals surface area contributed by atoms with Gasteiger partial charge >= 0.3 is 0 Å². The number of nitrogens with one attached hydrogen (secondary N) is 1. The number of benzene rings is 1. The second kappa shape index (κ2) is 5.72. The van der Waals surface area contributed by atoms with Gasteiger partial charge in [0, 0.05) is 11.0 Å². The fourth-order valence-electron chi connectivity index (χ4n) is 2.09. The molecule has 1 aliphatic heterocycles. The third-order valence-corrected chi connectivity index (χ3v) is 3.40. The van der Waals surface area contributed by atoms with Crippen LogP contribution in [0.15, 0.2) is 28.9 Å².